The van der Waals surface area contributed by atoms with Gasteiger partial charge in [-0.15, -0.1) is 0 Å². The monoisotopic (exact) mass is 362 g/mol. The van der Waals surface area contributed by atoms with Crippen molar-refractivity contribution in [1.29, 1.82) is 0 Å². The maximum absolute atomic E-state index is 11.4. The molecule has 0 saturated carbocycles. The van der Waals surface area contributed by atoms with E-state index < -0.39 is 0 Å². The lowest BCUT2D eigenvalue weighted by Crippen LogP contribution is -2.39. The van der Waals surface area contributed by atoms with Crippen LogP contribution in [0.15, 0.2) is 54.6 Å². The molecule has 1 fully saturated rings. The van der Waals surface area contributed by atoms with Crippen LogP contribution in [0, 0.1) is 17.0 Å². The van der Waals surface area contributed by atoms with Crippen LogP contribution in [-0.2, 0) is 0 Å². The quantitative estimate of drug-likeness (QED) is 0.545. The van der Waals surface area contributed by atoms with Gasteiger partial charge in [-0.1, -0.05) is 30.3 Å². The molecule has 1 aromatic heterocycles. The molecule has 2 aromatic carbocycles. The summed E-state index contributed by atoms with van der Waals surface area (Å²) in [5, 5.41) is 15.8. The predicted molar refractivity (Wildman–Crippen MR) is 108 cm³/mol. The highest BCUT2D eigenvalue weighted by atomic mass is 16.6. The fourth-order valence-electron chi connectivity index (χ4n) is 3.78. The first-order valence-corrected chi connectivity index (χ1v) is 9.23. The van der Waals surface area contributed by atoms with Crippen LogP contribution >= 0.6 is 0 Å². The van der Waals surface area contributed by atoms with Gasteiger partial charge in [0.05, 0.1) is 4.92 Å². The number of aromatic nitrogens is 1. The van der Waals surface area contributed by atoms with E-state index in [0.717, 1.165) is 48.4 Å². The minimum absolute atomic E-state index is 0.0677. The molecule has 2 heterocycles. The van der Waals surface area contributed by atoms with Gasteiger partial charge in [-0.25, -0.2) is 4.98 Å². The number of non-ortho nitro benzene ring substituents is 1. The Morgan fingerprint density at radius 3 is 2.56 bits per heavy atom. The third-order valence-electron chi connectivity index (χ3n) is 5.10. The number of piperidine rings is 1. The summed E-state index contributed by atoms with van der Waals surface area (Å²) in [6, 6.07) is 17.9. The number of hydrogen-bond donors (Lipinski definition) is 1. The van der Waals surface area contributed by atoms with Crippen molar-refractivity contribution >= 4 is 28.0 Å². The first-order chi connectivity index (χ1) is 13.1. The maximum Gasteiger partial charge on any atom is 0.295 e. The Hall–Kier alpha value is -3.15. The van der Waals surface area contributed by atoms with Crippen LogP contribution in [0.1, 0.15) is 18.5 Å². The lowest BCUT2D eigenvalue weighted by molar-refractivity contribution is -0.383. The molecule has 0 amide bonds. The standard InChI is InChI=1S/C21H22N4O2/c1-15-14-20(18-8-5-9-19(25(26)27)21(18)22-15)24-12-10-17(11-13-24)23-16-6-3-2-4-7-16/h2-9,14,17,23H,10-13H2,1H3. The Labute approximate surface area is 158 Å². The van der Waals surface area contributed by atoms with Crippen LogP contribution in [0.4, 0.5) is 17.1 Å². The molecule has 0 atom stereocenters. The van der Waals surface area contributed by atoms with Crippen LogP contribution in [0.25, 0.3) is 10.9 Å². The van der Waals surface area contributed by atoms with Gasteiger partial charge in [-0.05, 0) is 38.0 Å². The Bertz CT molecular complexity index is 967. The van der Waals surface area contributed by atoms with Crippen molar-refractivity contribution in [2.24, 2.45) is 0 Å². The molecule has 0 spiro atoms. The molecule has 0 radical (unpaired) electrons. The molecule has 138 valence electrons. The number of pyridine rings is 1. The highest BCUT2D eigenvalue weighted by Crippen LogP contribution is 2.33. The van der Waals surface area contributed by atoms with E-state index in [1.54, 1.807) is 6.07 Å². The summed E-state index contributed by atoms with van der Waals surface area (Å²) in [6.45, 7) is 3.71. The van der Waals surface area contributed by atoms with Crippen molar-refractivity contribution in [3.63, 3.8) is 0 Å². The van der Waals surface area contributed by atoms with Gasteiger partial charge in [0.2, 0.25) is 0 Å². The van der Waals surface area contributed by atoms with Crippen molar-refractivity contribution in [3.8, 4) is 0 Å². The first kappa shape index (κ1) is 17.3. The normalized spacial score (nSPS) is 15.1. The van der Waals surface area contributed by atoms with Crippen LogP contribution in [0.5, 0.6) is 0 Å². The molecule has 0 aliphatic carbocycles. The Kier molecular flexibility index (Phi) is 4.62. The smallest absolute Gasteiger partial charge is 0.295 e. The largest absolute Gasteiger partial charge is 0.382 e. The molecule has 6 heteroatoms. The number of anilines is 2. The minimum Gasteiger partial charge on any atom is -0.382 e. The molecular formula is C21H22N4O2. The summed E-state index contributed by atoms with van der Waals surface area (Å²) >= 11 is 0. The molecule has 1 N–H and O–H groups in total. The fraction of sp³-hybridized carbons (Fsp3) is 0.286. The van der Waals surface area contributed by atoms with Crippen molar-refractivity contribution in [2.75, 3.05) is 23.3 Å². The average molecular weight is 362 g/mol. The van der Waals surface area contributed by atoms with Gasteiger partial charge in [0.25, 0.3) is 5.69 Å². The summed E-state index contributed by atoms with van der Waals surface area (Å²) in [5.41, 5.74) is 3.53. The fourth-order valence-corrected chi connectivity index (χ4v) is 3.78. The Balaban J connectivity index is 1.57. The van der Waals surface area contributed by atoms with Gasteiger partial charge >= 0.3 is 0 Å². The second-order valence-electron chi connectivity index (χ2n) is 6.98. The average Bonchev–Trinajstić information content (AvgIpc) is 2.68. The number of nitro groups is 1. The zero-order valence-corrected chi connectivity index (χ0v) is 15.3. The van der Waals surface area contributed by atoms with Crippen molar-refractivity contribution < 1.29 is 4.92 Å². The van der Waals surface area contributed by atoms with E-state index in [1.165, 1.54) is 6.07 Å². The molecule has 27 heavy (non-hydrogen) atoms. The topological polar surface area (TPSA) is 71.3 Å². The van der Waals surface area contributed by atoms with Crippen LogP contribution in [0.3, 0.4) is 0 Å². The van der Waals surface area contributed by atoms with Gasteiger partial charge in [0, 0.05) is 47.7 Å². The first-order valence-electron chi connectivity index (χ1n) is 9.23. The molecule has 1 aliphatic heterocycles. The summed E-state index contributed by atoms with van der Waals surface area (Å²) in [5.74, 6) is 0. The van der Waals surface area contributed by atoms with Gasteiger partial charge in [0.15, 0.2) is 5.52 Å². The number of nitrogens with zero attached hydrogens (tertiary/aromatic N) is 3. The van der Waals surface area contributed by atoms with Crippen LogP contribution in [-0.4, -0.2) is 29.0 Å². The van der Waals surface area contributed by atoms with Gasteiger partial charge in [-0.2, -0.15) is 0 Å². The minimum atomic E-state index is -0.353. The number of benzene rings is 2. The highest BCUT2D eigenvalue weighted by molar-refractivity contribution is 5.97. The summed E-state index contributed by atoms with van der Waals surface area (Å²) in [7, 11) is 0. The number of fused-ring (bicyclic) bond motifs is 1. The van der Waals surface area contributed by atoms with E-state index >= 15 is 0 Å². The lowest BCUT2D eigenvalue weighted by atomic mass is 10.0. The lowest BCUT2D eigenvalue weighted by Gasteiger charge is -2.35. The van der Waals surface area contributed by atoms with E-state index in [-0.39, 0.29) is 10.6 Å². The third kappa shape index (κ3) is 3.56. The summed E-state index contributed by atoms with van der Waals surface area (Å²) < 4.78 is 0. The van der Waals surface area contributed by atoms with Crippen molar-refractivity contribution in [2.45, 2.75) is 25.8 Å². The summed E-state index contributed by atoms with van der Waals surface area (Å²) in [6.07, 6.45) is 2.04. The van der Waals surface area contributed by atoms with E-state index in [1.807, 2.05) is 37.3 Å². The van der Waals surface area contributed by atoms with Crippen LogP contribution < -0.4 is 10.2 Å². The molecule has 0 bridgehead atoms. The Morgan fingerprint density at radius 1 is 1.11 bits per heavy atom. The molecule has 1 aliphatic rings. The van der Waals surface area contributed by atoms with Crippen molar-refractivity contribution in [1.82, 2.24) is 4.98 Å². The second-order valence-corrected chi connectivity index (χ2v) is 6.98. The molecule has 6 nitrogen and oxygen atoms in total. The Morgan fingerprint density at radius 2 is 1.85 bits per heavy atom. The van der Waals surface area contributed by atoms with Gasteiger partial charge in [0.1, 0.15) is 0 Å². The molecule has 4 rings (SSSR count). The van der Waals surface area contributed by atoms with Crippen molar-refractivity contribution in [3.05, 3.63) is 70.4 Å². The summed E-state index contributed by atoms with van der Waals surface area (Å²) in [4.78, 5) is 17.8. The number of para-hydroxylation sites is 2. The SMILES string of the molecule is Cc1cc(N2CCC(Nc3ccccc3)CC2)c2cccc([N+](=O)[O-])c2n1. The predicted octanol–water partition coefficient (Wildman–Crippen LogP) is 4.53. The number of nitro benzene ring substituents is 1. The van der Waals surface area contributed by atoms with E-state index in [9.17, 15) is 10.1 Å². The number of aryl methyl sites for hydroxylation is 1. The van der Waals surface area contributed by atoms with E-state index in [2.05, 4.69) is 27.3 Å². The maximum atomic E-state index is 11.4. The molecule has 0 unspecified atom stereocenters. The van der Waals surface area contributed by atoms with E-state index in [4.69, 9.17) is 0 Å². The second kappa shape index (κ2) is 7.23. The zero-order valence-electron chi connectivity index (χ0n) is 15.3. The number of nitrogens with one attached hydrogen (secondary N) is 1. The highest BCUT2D eigenvalue weighted by Gasteiger charge is 2.23. The van der Waals surface area contributed by atoms with Gasteiger partial charge in [-0.3, -0.25) is 10.1 Å². The molecule has 3 aromatic rings. The molecule has 1 saturated heterocycles. The zero-order chi connectivity index (χ0) is 18.8. The van der Waals surface area contributed by atoms with E-state index in [0.29, 0.717) is 11.6 Å². The van der Waals surface area contributed by atoms with Crippen LogP contribution in [0.2, 0.25) is 0 Å². The third-order valence-corrected chi connectivity index (χ3v) is 5.10. The molecular weight excluding hydrogens is 340 g/mol. The number of hydrogen-bond acceptors (Lipinski definition) is 5. The number of rotatable bonds is 4. The van der Waals surface area contributed by atoms with Gasteiger partial charge < -0.3 is 10.2 Å².